The summed E-state index contributed by atoms with van der Waals surface area (Å²) in [6, 6.07) is 0. The predicted octanol–water partition coefficient (Wildman–Crippen LogP) is -0.637. The van der Waals surface area contributed by atoms with Gasteiger partial charge in [0.25, 0.3) is 0 Å². The Morgan fingerprint density at radius 1 is 1.60 bits per heavy atom. The monoisotopic (exact) mass is 136 g/mol. The molecule has 0 saturated carbocycles. The van der Waals surface area contributed by atoms with Crippen LogP contribution in [0.1, 0.15) is 0 Å². The van der Waals surface area contributed by atoms with E-state index < -0.39 is 0 Å². The third-order valence-corrected chi connectivity index (χ3v) is 1.20. The molecule has 0 fully saturated rings. The molecule has 5 heteroatoms. The van der Waals surface area contributed by atoms with Gasteiger partial charge in [0.1, 0.15) is 6.33 Å². The van der Waals surface area contributed by atoms with Gasteiger partial charge in [0, 0.05) is 0 Å². The molecule has 0 spiro atoms. The Kier molecular flexibility index (Phi) is 0.858. The van der Waals surface area contributed by atoms with Gasteiger partial charge < -0.3 is 5.21 Å². The SMILES string of the molecule is [O-][n+]1ccn2ncnc2c1. The van der Waals surface area contributed by atoms with Gasteiger partial charge in [-0.15, -0.1) is 0 Å². The molecular weight excluding hydrogens is 132 g/mol. The van der Waals surface area contributed by atoms with Crippen LogP contribution in [0.4, 0.5) is 0 Å². The topological polar surface area (TPSA) is 57.1 Å². The van der Waals surface area contributed by atoms with Crippen molar-refractivity contribution in [2.45, 2.75) is 0 Å². The van der Waals surface area contributed by atoms with Gasteiger partial charge >= 0.3 is 0 Å². The van der Waals surface area contributed by atoms with E-state index in [-0.39, 0.29) is 0 Å². The van der Waals surface area contributed by atoms with Crippen LogP contribution in [0.15, 0.2) is 24.9 Å². The Hall–Kier alpha value is -1.65. The molecule has 0 radical (unpaired) electrons. The highest BCUT2D eigenvalue weighted by Crippen LogP contribution is 1.88. The molecule has 10 heavy (non-hydrogen) atoms. The first-order chi connectivity index (χ1) is 4.86. The molecule has 0 aliphatic carbocycles. The zero-order valence-corrected chi connectivity index (χ0v) is 5.01. The summed E-state index contributed by atoms with van der Waals surface area (Å²) in [6.45, 7) is 0. The molecule has 0 aliphatic rings. The molecule has 0 amide bonds. The quantitative estimate of drug-likeness (QED) is 0.357. The third-order valence-electron chi connectivity index (χ3n) is 1.20. The first-order valence-corrected chi connectivity index (χ1v) is 2.74. The average Bonchev–Trinajstić information content (AvgIpc) is 2.33. The largest absolute Gasteiger partial charge is 0.619 e. The molecule has 2 aromatic rings. The summed E-state index contributed by atoms with van der Waals surface area (Å²) in [5, 5.41) is 14.4. The number of rotatable bonds is 0. The molecule has 0 unspecified atom stereocenters. The Morgan fingerprint density at radius 3 is 3.40 bits per heavy atom. The molecule has 2 rings (SSSR count). The molecule has 0 aromatic carbocycles. The van der Waals surface area contributed by atoms with Crippen molar-refractivity contribution in [3.8, 4) is 0 Å². The van der Waals surface area contributed by atoms with Crippen LogP contribution in [-0.2, 0) is 0 Å². The smallest absolute Gasteiger partial charge is 0.225 e. The second-order valence-corrected chi connectivity index (χ2v) is 1.85. The first kappa shape index (κ1) is 5.16. The van der Waals surface area contributed by atoms with Gasteiger partial charge in [-0.1, -0.05) is 0 Å². The van der Waals surface area contributed by atoms with E-state index in [1.54, 1.807) is 6.20 Å². The van der Waals surface area contributed by atoms with Crippen molar-refractivity contribution in [1.82, 2.24) is 14.6 Å². The van der Waals surface area contributed by atoms with E-state index in [4.69, 9.17) is 0 Å². The Morgan fingerprint density at radius 2 is 2.50 bits per heavy atom. The molecule has 0 aliphatic heterocycles. The molecule has 0 bridgehead atoms. The summed E-state index contributed by atoms with van der Waals surface area (Å²) in [7, 11) is 0. The molecule has 2 heterocycles. The van der Waals surface area contributed by atoms with Crippen LogP contribution in [0.25, 0.3) is 5.65 Å². The molecule has 0 N–H and O–H groups in total. The fourth-order valence-corrected chi connectivity index (χ4v) is 0.752. The van der Waals surface area contributed by atoms with Crippen molar-refractivity contribution in [3.05, 3.63) is 30.1 Å². The van der Waals surface area contributed by atoms with Gasteiger partial charge in [0.05, 0.1) is 6.20 Å². The molecule has 0 atom stereocenters. The minimum absolute atomic E-state index is 0.553. The van der Waals surface area contributed by atoms with E-state index in [0.717, 1.165) is 0 Å². The number of hydrogen-bond acceptors (Lipinski definition) is 3. The van der Waals surface area contributed by atoms with Crippen molar-refractivity contribution >= 4 is 5.65 Å². The Labute approximate surface area is 56.1 Å². The summed E-state index contributed by atoms with van der Waals surface area (Å²) in [6.07, 6.45) is 5.67. The van der Waals surface area contributed by atoms with E-state index in [1.165, 1.54) is 23.2 Å². The fraction of sp³-hybridized carbons (Fsp3) is 0. The van der Waals surface area contributed by atoms with Crippen molar-refractivity contribution in [2.24, 2.45) is 0 Å². The molecule has 0 saturated heterocycles. The number of hydrogen-bond donors (Lipinski definition) is 0. The van der Waals surface area contributed by atoms with Gasteiger partial charge in [-0.25, -0.2) is 9.50 Å². The van der Waals surface area contributed by atoms with Gasteiger partial charge in [-0.2, -0.15) is 9.83 Å². The van der Waals surface area contributed by atoms with Gasteiger partial charge in [-0.05, 0) is 0 Å². The van der Waals surface area contributed by atoms with E-state index in [2.05, 4.69) is 10.1 Å². The molecular formula is C5H4N4O. The number of aromatic nitrogens is 4. The first-order valence-electron chi connectivity index (χ1n) is 2.74. The summed E-state index contributed by atoms with van der Waals surface area (Å²) < 4.78 is 2.21. The maximum atomic E-state index is 10.6. The van der Waals surface area contributed by atoms with E-state index in [1.807, 2.05) is 0 Å². The van der Waals surface area contributed by atoms with Gasteiger partial charge in [0.15, 0.2) is 6.20 Å². The Bertz CT molecular complexity index is 355. The Balaban J connectivity index is 2.86. The lowest BCUT2D eigenvalue weighted by molar-refractivity contribution is -0.604. The maximum Gasteiger partial charge on any atom is 0.225 e. The lowest BCUT2D eigenvalue weighted by Crippen LogP contribution is -2.24. The van der Waals surface area contributed by atoms with Crippen LogP contribution in [0, 0.1) is 5.21 Å². The van der Waals surface area contributed by atoms with Crippen molar-refractivity contribution in [1.29, 1.82) is 0 Å². The zero-order valence-electron chi connectivity index (χ0n) is 5.01. The fourth-order valence-electron chi connectivity index (χ4n) is 0.752. The predicted molar refractivity (Wildman–Crippen MR) is 31.9 cm³/mol. The third kappa shape index (κ3) is 0.604. The van der Waals surface area contributed by atoms with Gasteiger partial charge in [-0.3, -0.25) is 0 Å². The van der Waals surface area contributed by atoms with E-state index in [9.17, 15) is 5.21 Å². The summed E-state index contributed by atoms with van der Waals surface area (Å²) in [5.41, 5.74) is 0.553. The lowest BCUT2D eigenvalue weighted by Gasteiger charge is -1.92. The van der Waals surface area contributed by atoms with E-state index >= 15 is 0 Å². The second-order valence-electron chi connectivity index (χ2n) is 1.85. The van der Waals surface area contributed by atoms with Crippen LogP contribution in [-0.4, -0.2) is 14.6 Å². The van der Waals surface area contributed by atoms with Crippen molar-refractivity contribution in [3.63, 3.8) is 0 Å². The van der Waals surface area contributed by atoms with Crippen molar-refractivity contribution < 1.29 is 4.73 Å². The zero-order chi connectivity index (χ0) is 6.97. The van der Waals surface area contributed by atoms with Crippen LogP contribution < -0.4 is 4.73 Å². The highest BCUT2D eigenvalue weighted by atomic mass is 16.5. The lowest BCUT2D eigenvalue weighted by atomic mass is 10.7. The van der Waals surface area contributed by atoms with Crippen LogP contribution in [0.3, 0.4) is 0 Å². The minimum Gasteiger partial charge on any atom is -0.619 e. The normalized spacial score (nSPS) is 10.4. The van der Waals surface area contributed by atoms with Crippen molar-refractivity contribution in [2.75, 3.05) is 0 Å². The highest BCUT2D eigenvalue weighted by Gasteiger charge is 1.96. The minimum atomic E-state index is 0.553. The van der Waals surface area contributed by atoms with Gasteiger partial charge in [0.2, 0.25) is 11.8 Å². The van der Waals surface area contributed by atoms with Crippen LogP contribution in [0.5, 0.6) is 0 Å². The summed E-state index contributed by atoms with van der Waals surface area (Å²) in [4.78, 5) is 3.81. The van der Waals surface area contributed by atoms with E-state index in [0.29, 0.717) is 10.4 Å². The highest BCUT2D eigenvalue weighted by molar-refractivity contribution is 5.28. The number of nitrogens with zero attached hydrogens (tertiary/aromatic N) is 4. The molecule has 50 valence electrons. The maximum absolute atomic E-state index is 10.6. The average molecular weight is 136 g/mol. The number of fused-ring (bicyclic) bond motifs is 1. The summed E-state index contributed by atoms with van der Waals surface area (Å²) >= 11 is 0. The second kappa shape index (κ2) is 1.66. The molecule has 5 nitrogen and oxygen atoms in total. The van der Waals surface area contributed by atoms with Crippen LogP contribution >= 0.6 is 0 Å². The summed E-state index contributed by atoms with van der Waals surface area (Å²) in [5.74, 6) is 0. The standard InChI is InChI=1S/C5H4N4O/c10-8-1-2-9-5(3-8)6-4-7-9/h1-4H. The molecule has 2 aromatic heterocycles. The van der Waals surface area contributed by atoms with Crippen LogP contribution in [0.2, 0.25) is 0 Å².